The molecule has 136 valence electrons. The van der Waals surface area contributed by atoms with Gasteiger partial charge in [-0.1, -0.05) is 12.5 Å². The number of likely N-dealkylation sites (tertiary alicyclic amines) is 2. The summed E-state index contributed by atoms with van der Waals surface area (Å²) in [6, 6.07) is 5.16. The van der Waals surface area contributed by atoms with Crippen LogP contribution in [0.2, 0.25) is 0 Å². The summed E-state index contributed by atoms with van der Waals surface area (Å²) in [7, 11) is 0. The average Bonchev–Trinajstić information content (AvgIpc) is 3.06. The zero-order valence-corrected chi connectivity index (χ0v) is 15.0. The molecule has 0 aliphatic carbocycles. The first-order chi connectivity index (χ1) is 12.0. The topological polar surface area (TPSA) is 78.7 Å². The van der Waals surface area contributed by atoms with Crippen LogP contribution in [0.25, 0.3) is 0 Å². The molecule has 25 heavy (non-hydrogen) atoms. The minimum Gasteiger partial charge on any atom is -0.366 e. The third-order valence-electron chi connectivity index (χ3n) is 5.29. The molecule has 2 aliphatic heterocycles. The molecule has 3 rings (SSSR count). The minimum atomic E-state index is -0.476. The number of rotatable bonds is 4. The smallest absolute Gasteiger partial charge is 0.321 e. The molecule has 2 saturated heterocycles. The van der Waals surface area contributed by atoms with Crippen molar-refractivity contribution < 1.29 is 9.59 Å². The van der Waals surface area contributed by atoms with Crippen molar-refractivity contribution in [2.45, 2.75) is 32.6 Å². The molecular weight excluding hydrogens is 316 g/mol. The summed E-state index contributed by atoms with van der Waals surface area (Å²) in [5.74, 6) is 0.0828. The lowest BCUT2D eigenvalue weighted by atomic mass is 10.1. The number of anilines is 1. The van der Waals surface area contributed by atoms with E-state index in [1.54, 1.807) is 18.2 Å². The molecule has 0 bridgehead atoms. The summed E-state index contributed by atoms with van der Waals surface area (Å²) >= 11 is 0. The molecule has 1 aromatic rings. The molecule has 3 amide bonds. The van der Waals surface area contributed by atoms with Crippen molar-refractivity contribution >= 4 is 17.6 Å². The Morgan fingerprint density at radius 1 is 1.20 bits per heavy atom. The van der Waals surface area contributed by atoms with Crippen LogP contribution in [0.4, 0.5) is 10.5 Å². The van der Waals surface area contributed by atoms with E-state index in [0.717, 1.165) is 31.6 Å². The van der Waals surface area contributed by atoms with Crippen LogP contribution in [0.5, 0.6) is 0 Å². The van der Waals surface area contributed by atoms with Gasteiger partial charge in [0.05, 0.1) is 0 Å². The molecule has 1 unspecified atom stereocenters. The van der Waals surface area contributed by atoms with Crippen molar-refractivity contribution in [1.29, 1.82) is 0 Å². The fraction of sp³-hybridized carbons (Fsp3) is 0.579. The molecule has 0 saturated carbocycles. The maximum Gasteiger partial charge on any atom is 0.321 e. The van der Waals surface area contributed by atoms with Gasteiger partial charge in [0, 0.05) is 30.9 Å². The first-order valence-corrected chi connectivity index (χ1v) is 9.21. The molecule has 2 aliphatic rings. The number of hydrogen-bond donors (Lipinski definition) is 2. The third kappa shape index (κ3) is 4.51. The molecule has 1 atom stereocenters. The SMILES string of the molecule is Cc1ccc(NC(=O)N2CCC(CN3CCCCC3)C2)cc1C(N)=O. The molecule has 6 nitrogen and oxygen atoms in total. The Balaban J connectivity index is 1.53. The van der Waals surface area contributed by atoms with Gasteiger partial charge in [-0.3, -0.25) is 4.79 Å². The number of carbonyl (C=O) groups is 2. The number of primary amides is 1. The summed E-state index contributed by atoms with van der Waals surface area (Å²) in [4.78, 5) is 28.4. The van der Waals surface area contributed by atoms with Gasteiger partial charge in [0.25, 0.3) is 0 Å². The number of nitrogens with two attached hydrogens (primary N) is 1. The number of nitrogens with one attached hydrogen (secondary N) is 1. The van der Waals surface area contributed by atoms with Crippen LogP contribution < -0.4 is 11.1 Å². The monoisotopic (exact) mass is 344 g/mol. The Bertz CT molecular complexity index is 640. The number of piperidine rings is 1. The number of urea groups is 1. The first-order valence-electron chi connectivity index (χ1n) is 9.21. The van der Waals surface area contributed by atoms with E-state index in [9.17, 15) is 9.59 Å². The van der Waals surface area contributed by atoms with Crippen LogP contribution in [-0.4, -0.2) is 54.5 Å². The summed E-state index contributed by atoms with van der Waals surface area (Å²) < 4.78 is 0. The Labute approximate surface area is 149 Å². The molecule has 0 radical (unpaired) electrons. The predicted octanol–water partition coefficient (Wildman–Crippen LogP) is 2.43. The van der Waals surface area contributed by atoms with Crippen molar-refractivity contribution in [2.75, 3.05) is 38.0 Å². The summed E-state index contributed by atoms with van der Waals surface area (Å²) in [5.41, 5.74) is 7.25. The molecular formula is C19H28N4O2. The Morgan fingerprint density at radius 2 is 1.96 bits per heavy atom. The van der Waals surface area contributed by atoms with Crippen LogP contribution in [0.15, 0.2) is 18.2 Å². The lowest BCUT2D eigenvalue weighted by Gasteiger charge is -2.29. The second kappa shape index (κ2) is 7.87. The van der Waals surface area contributed by atoms with Crippen molar-refractivity contribution in [1.82, 2.24) is 9.80 Å². The summed E-state index contributed by atoms with van der Waals surface area (Å²) in [6.07, 6.45) is 5.00. The van der Waals surface area contributed by atoms with Gasteiger partial charge in [-0.2, -0.15) is 0 Å². The maximum absolute atomic E-state index is 12.5. The highest BCUT2D eigenvalue weighted by molar-refractivity contribution is 5.97. The van der Waals surface area contributed by atoms with E-state index < -0.39 is 5.91 Å². The summed E-state index contributed by atoms with van der Waals surface area (Å²) in [6.45, 7) is 6.91. The Hall–Kier alpha value is -2.08. The number of aryl methyl sites for hydroxylation is 1. The first kappa shape index (κ1) is 17.7. The summed E-state index contributed by atoms with van der Waals surface area (Å²) in [5, 5.41) is 2.90. The molecule has 3 N–H and O–H groups in total. The van der Waals surface area contributed by atoms with E-state index >= 15 is 0 Å². The third-order valence-corrected chi connectivity index (χ3v) is 5.29. The molecule has 2 heterocycles. The Morgan fingerprint density at radius 3 is 2.68 bits per heavy atom. The zero-order chi connectivity index (χ0) is 17.8. The number of amides is 3. The average molecular weight is 344 g/mol. The van der Waals surface area contributed by atoms with Crippen molar-refractivity contribution in [3.63, 3.8) is 0 Å². The molecule has 0 aromatic heterocycles. The molecule has 0 spiro atoms. The second-order valence-corrected chi connectivity index (χ2v) is 7.29. The van der Waals surface area contributed by atoms with Crippen molar-refractivity contribution in [3.8, 4) is 0 Å². The van der Waals surface area contributed by atoms with Gasteiger partial charge in [-0.05, 0) is 62.9 Å². The molecule has 2 fully saturated rings. The van der Waals surface area contributed by atoms with Crippen LogP contribution in [0.1, 0.15) is 41.6 Å². The van der Waals surface area contributed by atoms with Crippen LogP contribution >= 0.6 is 0 Å². The highest BCUT2D eigenvalue weighted by Crippen LogP contribution is 2.21. The lowest BCUT2D eigenvalue weighted by molar-refractivity contribution is 0.0999. The van der Waals surface area contributed by atoms with E-state index in [0.29, 0.717) is 17.2 Å². The molecule has 6 heteroatoms. The maximum atomic E-state index is 12.5. The van der Waals surface area contributed by atoms with Gasteiger partial charge >= 0.3 is 6.03 Å². The van der Waals surface area contributed by atoms with Gasteiger partial charge < -0.3 is 20.9 Å². The number of nitrogens with zero attached hydrogens (tertiary/aromatic N) is 2. The fourth-order valence-electron chi connectivity index (χ4n) is 3.84. The standard InChI is InChI=1S/C19H28N4O2/c1-14-5-6-16(11-17(14)18(20)24)21-19(25)23-10-7-15(13-23)12-22-8-3-2-4-9-22/h5-6,11,15H,2-4,7-10,12-13H2,1H3,(H2,20,24)(H,21,25). The highest BCUT2D eigenvalue weighted by Gasteiger charge is 2.28. The second-order valence-electron chi connectivity index (χ2n) is 7.29. The largest absolute Gasteiger partial charge is 0.366 e. The van der Waals surface area contributed by atoms with Crippen molar-refractivity contribution in [2.24, 2.45) is 11.7 Å². The van der Waals surface area contributed by atoms with Gasteiger partial charge in [0.15, 0.2) is 0 Å². The fourth-order valence-corrected chi connectivity index (χ4v) is 3.84. The van der Waals surface area contributed by atoms with Crippen LogP contribution in [-0.2, 0) is 0 Å². The van der Waals surface area contributed by atoms with E-state index in [4.69, 9.17) is 5.73 Å². The van der Waals surface area contributed by atoms with Gasteiger partial charge in [-0.15, -0.1) is 0 Å². The van der Waals surface area contributed by atoms with Crippen LogP contribution in [0, 0.1) is 12.8 Å². The van der Waals surface area contributed by atoms with Gasteiger partial charge in [0.2, 0.25) is 5.91 Å². The number of carbonyl (C=O) groups excluding carboxylic acids is 2. The van der Waals surface area contributed by atoms with E-state index in [2.05, 4.69) is 10.2 Å². The lowest BCUT2D eigenvalue weighted by Crippen LogP contribution is -2.37. The van der Waals surface area contributed by atoms with E-state index in [1.807, 2.05) is 11.8 Å². The van der Waals surface area contributed by atoms with Gasteiger partial charge in [0.1, 0.15) is 0 Å². The number of hydrogen-bond acceptors (Lipinski definition) is 3. The van der Waals surface area contributed by atoms with Crippen molar-refractivity contribution in [3.05, 3.63) is 29.3 Å². The highest BCUT2D eigenvalue weighted by atomic mass is 16.2. The normalized spacial score (nSPS) is 21.3. The quantitative estimate of drug-likeness (QED) is 0.880. The predicted molar refractivity (Wildman–Crippen MR) is 98.7 cm³/mol. The van der Waals surface area contributed by atoms with E-state index in [-0.39, 0.29) is 6.03 Å². The number of benzene rings is 1. The van der Waals surface area contributed by atoms with Crippen LogP contribution in [0.3, 0.4) is 0 Å². The Kier molecular flexibility index (Phi) is 5.58. The van der Waals surface area contributed by atoms with Gasteiger partial charge in [-0.25, -0.2) is 4.79 Å². The minimum absolute atomic E-state index is 0.0968. The molecule has 1 aromatic carbocycles. The zero-order valence-electron chi connectivity index (χ0n) is 15.0. The van der Waals surface area contributed by atoms with E-state index in [1.165, 1.54) is 32.4 Å².